The molecular formula is C13H25N3O4S. The summed E-state index contributed by atoms with van der Waals surface area (Å²) < 4.78 is 39.4. The third-order valence-electron chi connectivity index (χ3n) is 2.84. The molecule has 0 amide bonds. The predicted molar refractivity (Wildman–Crippen MR) is 79.6 cm³/mol. The summed E-state index contributed by atoms with van der Waals surface area (Å²) in [6.07, 6.45) is 0.953. The van der Waals surface area contributed by atoms with Crippen molar-refractivity contribution in [2.75, 3.05) is 19.8 Å². The van der Waals surface area contributed by atoms with E-state index in [1.54, 1.807) is 17.8 Å². The molecule has 1 aromatic rings. The van der Waals surface area contributed by atoms with Crippen LogP contribution in [-0.2, 0) is 19.5 Å². The average Bonchev–Trinajstić information content (AvgIpc) is 2.80. The highest BCUT2D eigenvalue weighted by Gasteiger charge is 2.22. The maximum Gasteiger partial charge on any atom is 0.244 e. The summed E-state index contributed by atoms with van der Waals surface area (Å²) in [7, 11) is -3.63. The minimum absolute atomic E-state index is 0.0658. The van der Waals surface area contributed by atoms with E-state index in [0.29, 0.717) is 18.9 Å². The predicted octanol–water partition coefficient (Wildman–Crippen LogP) is 1.45. The molecule has 0 saturated carbocycles. The lowest BCUT2D eigenvalue weighted by Crippen LogP contribution is -2.35. The molecule has 0 aliphatic rings. The molecule has 122 valence electrons. The minimum Gasteiger partial charge on any atom is -0.352 e. The molecule has 0 fully saturated rings. The molecule has 0 aliphatic carbocycles. The van der Waals surface area contributed by atoms with Crippen LogP contribution in [0.1, 0.15) is 39.4 Å². The van der Waals surface area contributed by atoms with E-state index in [1.165, 1.54) is 0 Å². The maximum absolute atomic E-state index is 12.3. The number of rotatable bonds is 9. The van der Waals surface area contributed by atoms with Crippen molar-refractivity contribution in [3.8, 4) is 0 Å². The van der Waals surface area contributed by atoms with Crippen LogP contribution in [0.2, 0.25) is 0 Å². The Labute approximate surface area is 126 Å². The summed E-state index contributed by atoms with van der Waals surface area (Å²) in [5.74, 6) is 0. The van der Waals surface area contributed by atoms with E-state index in [0.717, 1.165) is 0 Å². The van der Waals surface area contributed by atoms with Crippen molar-refractivity contribution < 1.29 is 17.9 Å². The Morgan fingerprint density at radius 3 is 2.29 bits per heavy atom. The molecule has 1 heterocycles. The van der Waals surface area contributed by atoms with Crippen LogP contribution in [0.5, 0.6) is 0 Å². The average molecular weight is 319 g/mol. The topological polar surface area (TPSA) is 82.5 Å². The van der Waals surface area contributed by atoms with Gasteiger partial charge in [0.25, 0.3) is 0 Å². The van der Waals surface area contributed by atoms with Gasteiger partial charge in [-0.1, -0.05) is 0 Å². The highest BCUT2D eigenvalue weighted by Crippen LogP contribution is 2.16. The summed E-state index contributed by atoms with van der Waals surface area (Å²) in [4.78, 5) is 0.183. The first kappa shape index (κ1) is 18.1. The summed E-state index contributed by atoms with van der Waals surface area (Å²) in [5, 5.41) is 4.21. The lowest BCUT2D eigenvalue weighted by Gasteiger charge is -2.17. The fourth-order valence-electron chi connectivity index (χ4n) is 1.79. The van der Waals surface area contributed by atoms with E-state index in [4.69, 9.17) is 9.47 Å². The van der Waals surface area contributed by atoms with E-state index >= 15 is 0 Å². The van der Waals surface area contributed by atoms with Crippen LogP contribution < -0.4 is 4.72 Å². The molecule has 1 N–H and O–H groups in total. The number of hydrogen-bond acceptors (Lipinski definition) is 5. The number of aryl methyl sites for hydroxylation is 1. The number of hydrogen-bond donors (Lipinski definition) is 1. The zero-order valence-corrected chi connectivity index (χ0v) is 14.1. The molecule has 1 rings (SSSR count). The molecule has 0 aromatic carbocycles. The van der Waals surface area contributed by atoms with Crippen LogP contribution in [0.25, 0.3) is 0 Å². The second kappa shape index (κ2) is 7.88. The first-order valence-electron chi connectivity index (χ1n) is 7.10. The van der Waals surface area contributed by atoms with Gasteiger partial charge in [-0.3, -0.25) is 4.68 Å². The van der Waals surface area contributed by atoms with E-state index in [-0.39, 0.29) is 17.5 Å². The van der Waals surface area contributed by atoms with Gasteiger partial charge in [-0.25, -0.2) is 13.1 Å². The maximum atomic E-state index is 12.3. The fraction of sp³-hybridized carbons (Fsp3) is 0.769. The highest BCUT2D eigenvalue weighted by molar-refractivity contribution is 7.89. The summed E-state index contributed by atoms with van der Waals surface area (Å²) in [5.41, 5.74) is 0.473. The first-order valence-corrected chi connectivity index (χ1v) is 8.58. The van der Waals surface area contributed by atoms with Gasteiger partial charge in [0.1, 0.15) is 4.90 Å². The molecule has 21 heavy (non-hydrogen) atoms. The second-order valence-corrected chi connectivity index (χ2v) is 6.58. The zero-order chi connectivity index (χ0) is 16.0. The highest BCUT2D eigenvalue weighted by atomic mass is 32.2. The Kier molecular flexibility index (Phi) is 6.79. The molecule has 0 atom stereocenters. The summed E-state index contributed by atoms with van der Waals surface area (Å²) in [6.45, 7) is 10.2. The monoisotopic (exact) mass is 319 g/mol. The molecule has 7 nitrogen and oxygen atoms in total. The zero-order valence-electron chi connectivity index (χ0n) is 13.3. The summed E-state index contributed by atoms with van der Waals surface area (Å²) >= 11 is 0. The van der Waals surface area contributed by atoms with Crippen LogP contribution in [0.4, 0.5) is 0 Å². The molecule has 0 bridgehead atoms. The number of aromatic nitrogens is 2. The van der Waals surface area contributed by atoms with Gasteiger partial charge in [-0.2, -0.15) is 5.10 Å². The van der Waals surface area contributed by atoms with Gasteiger partial charge in [-0.05, 0) is 34.6 Å². The molecule has 0 unspecified atom stereocenters. The minimum atomic E-state index is -3.63. The van der Waals surface area contributed by atoms with Crippen molar-refractivity contribution in [1.82, 2.24) is 14.5 Å². The molecule has 8 heteroatoms. The van der Waals surface area contributed by atoms with E-state index in [1.807, 2.05) is 27.7 Å². The Morgan fingerprint density at radius 2 is 1.86 bits per heavy atom. The van der Waals surface area contributed by atoms with Gasteiger partial charge >= 0.3 is 0 Å². The number of ether oxygens (including phenoxy) is 2. The molecule has 1 aromatic heterocycles. The van der Waals surface area contributed by atoms with Gasteiger partial charge in [0, 0.05) is 25.5 Å². The third kappa shape index (κ3) is 5.06. The van der Waals surface area contributed by atoms with Crippen molar-refractivity contribution in [2.24, 2.45) is 0 Å². The van der Waals surface area contributed by atoms with Crippen LogP contribution >= 0.6 is 0 Å². The normalized spacial score (nSPS) is 12.5. The number of sulfonamides is 1. The van der Waals surface area contributed by atoms with Gasteiger partial charge < -0.3 is 9.47 Å². The van der Waals surface area contributed by atoms with Crippen molar-refractivity contribution in [3.05, 3.63) is 11.9 Å². The first-order chi connectivity index (χ1) is 9.81. The number of nitrogens with one attached hydrogen (secondary N) is 1. The Balaban J connectivity index is 2.81. The Hall–Kier alpha value is -0.960. The largest absolute Gasteiger partial charge is 0.352 e. The van der Waals surface area contributed by atoms with Crippen molar-refractivity contribution >= 4 is 10.0 Å². The van der Waals surface area contributed by atoms with Crippen molar-refractivity contribution in [2.45, 2.75) is 51.8 Å². The van der Waals surface area contributed by atoms with Crippen LogP contribution in [0.3, 0.4) is 0 Å². The van der Waals surface area contributed by atoms with E-state index < -0.39 is 16.3 Å². The lowest BCUT2D eigenvalue weighted by molar-refractivity contribution is -0.130. The van der Waals surface area contributed by atoms with Gasteiger partial charge in [0.05, 0.1) is 12.2 Å². The summed E-state index contributed by atoms with van der Waals surface area (Å²) in [6, 6.07) is 0.104. The number of nitrogens with zero attached hydrogens (tertiary/aromatic N) is 2. The van der Waals surface area contributed by atoms with Crippen LogP contribution in [0.15, 0.2) is 11.1 Å². The molecule has 0 saturated heterocycles. The Bertz CT molecular complexity index is 534. The van der Waals surface area contributed by atoms with Crippen LogP contribution in [0, 0.1) is 6.92 Å². The van der Waals surface area contributed by atoms with Gasteiger partial charge in [0.2, 0.25) is 10.0 Å². The van der Waals surface area contributed by atoms with Crippen molar-refractivity contribution in [3.63, 3.8) is 0 Å². The smallest absolute Gasteiger partial charge is 0.244 e. The molecule has 0 radical (unpaired) electrons. The molecular weight excluding hydrogens is 294 g/mol. The lowest BCUT2D eigenvalue weighted by atomic mass is 10.4. The van der Waals surface area contributed by atoms with Crippen molar-refractivity contribution in [1.29, 1.82) is 0 Å². The van der Waals surface area contributed by atoms with Crippen LogP contribution in [-0.4, -0.2) is 44.2 Å². The quantitative estimate of drug-likeness (QED) is 0.697. The van der Waals surface area contributed by atoms with Gasteiger partial charge in [-0.15, -0.1) is 0 Å². The molecule has 0 spiro atoms. The van der Waals surface area contributed by atoms with E-state index in [2.05, 4.69) is 9.82 Å². The Morgan fingerprint density at radius 1 is 1.29 bits per heavy atom. The fourth-order valence-corrected chi connectivity index (χ4v) is 2.97. The molecule has 0 aliphatic heterocycles. The van der Waals surface area contributed by atoms with E-state index in [9.17, 15) is 8.42 Å². The third-order valence-corrected chi connectivity index (χ3v) is 4.36. The second-order valence-electron chi connectivity index (χ2n) is 4.84. The van der Waals surface area contributed by atoms with Gasteiger partial charge in [0.15, 0.2) is 6.29 Å². The SMILES string of the molecule is CCOC(CNS(=O)(=O)c1cn(C(C)C)nc1C)OCC. The standard InChI is InChI=1S/C13H25N3O4S/c1-6-19-13(20-7-2)8-14-21(17,18)12-9-16(10(3)4)15-11(12)5/h9-10,13-14H,6-8H2,1-5H3.